The molecule has 9 nitrogen and oxygen atoms in total. The molecule has 3 aromatic rings. The number of nitrogens with one attached hydrogen (secondary N) is 1. The van der Waals surface area contributed by atoms with Crippen LogP contribution in [0, 0.1) is 0 Å². The number of imidazole rings is 1. The lowest BCUT2D eigenvalue weighted by Gasteiger charge is -2.27. The molecule has 1 aromatic carbocycles. The smallest absolute Gasteiger partial charge is 0.242 e. The second-order valence-corrected chi connectivity index (χ2v) is 10.4. The molecular weight excluding hydrogens is 460 g/mol. The van der Waals surface area contributed by atoms with Gasteiger partial charge in [0.05, 0.1) is 17.9 Å². The highest BCUT2D eigenvalue weighted by atomic mass is 35.5. The molecule has 5 N–H and O–H groups in total. The van der Waals surface area contributed by atoms with Gasteiger partial charge in [0.2, 0.25) is 5.91 Å². The molecule has 1 amide bonds. The van der Waals surface area contributed by atoms with Crippen molar-refractivity contribution in [1.29, 1.82) is 0 Å². The fourth-order valence-electron chi connectivity index (χ4n) is 4.30. The molecular formula is C22H27ClN8OS. The molecule has 0 spiro atoms. The minimum atomic E-state index is -0.902. The van der Waals surface area contributed by atoms with Crippen molar-refractivity contribution >= 4 is 51.9 Å². The second-order valence-electron chi connectivity index (χ2n) is 8.69. The number of nitrogens with zero attached hydrogens (tertiary/aromatic N) is 5. The Hall–Kier alpha value is -2.56. The van der Waals surface area contributed by atoms with Gasteiger partial charge in [-0.2, -0.15) is 0 Å². The van der Waals surface area contributed by atoms with Gasteiger partial charge in [0.25, 0.3) is 0 Å². The number of thioether (sulfide) groups is 1. The van der Waals surface area contributed by atoms with Crippen LogP contribution in [0.4, 0.5) is 11.5 Å². The monoisotopic (exact) mass is 486 g/mol. The van der Waals surface area contributed by atoms with E-state index in [0.717, 1.165) is 34.7 Å². The Bertz CT molecular complexity index is 1210. The number of benzene rings is 1. The molecule has 1 saturated carbocycles. The summed E-state index contributed by atoms with van der Waals surface area (Å²) in [5.41, 5.74) is 15.0. The van der Waals surface area contributed by atoms with Crippen molar-refractivity contribution in [3.8, 4) is 0 Å². The van der Waals surface area contributed by atoms with Gasteiger partial charge in [-0.3, -0.25) is 4.79 Å². The first kappa shape index (κ1) is 22.2. The van der Waals surface area contributed by atoms with Crippen LogP contribution in [0.1, 0.15) is 31.7 Å². The molecule has 0 unspecified atom stereocenters. The molecule has 1 aliphatic carbocycles. The first-order chi connectivity index (χ1) is 15.9. The number of amides is 1. The van der Waals surface area contributed by atoms with Crippen molar-refractivity contribution in [1.82, 2.24) is 24.8 Å². The summed E-state index contributed by atoms with van der Waals surface area (Å²) in [5, 5.41) is 3.77. The number of carbonyl (C=O) groups excluding carboxylic acids is 1. The van der Waals surface area contributed by atoms with Gasteiger partial charge < -0.3 is 26.3 Å². The van der Waals surface area contributed by atoms with Crippen LogP contribution in [-0.4, -0.2) is 55.8 Å². The van der Waals surface area contributed by atoms with E-state index in [0.29, 0.717) is 48.1 Å². The summed E-state index contributed by atoms with van der Waals surface area (Å²) in [5.74, 6) is 1.17. The quantitative estimate of drug-likeness (QED) is 0.434. The lowest BCUT2D eigenvalue weighted by molar-refractivity contribution is -0.125. The molecule has 33 heavy (non-hydrogen) atoms. The molecule has 1 atom stereocenters. The molecule has 0 bridgehead atoms. The minimum Gasteiger partial charge on any atom is -0.382 e. The summed E-state index contributed by atoms with van der Waals surface area (Å²) in [6.07, 6.45) is 5.84. The number of anilines is 2. The molecule has 5 rings (SSSR count). The van der Waals surface area contributed by atoms with Crippen LogP contribution >= 0.6 is 23.4 Å². The zero-order valence-electron chi connectivity index (χ0n) is 18.4. The number of nitrogens with two attached hydrogens (primary N) is 2. The molecule has 2 aromatic heterocycles. The first-order valence-corrected chi connectivity index (χ1v) is 12.5. The van der Waals surface area contributed by atoms with E-state index in [1.165, 1.54) is 6.33 Å². The van der Waals surface area contributed by atoms with Gasteiger partial charge in [-0.15, -0.1) is 11.8 Å². The highest BCUT2D eigenvalue weighted by molar-refractivity contribution is 7.99. The van der Waals surface area contributed by atoms with Crippen molar-refractivity contribution in [2.24, 2.45) is 5.73 Å². The van der Waals surface area contributed by atoms with E-state index in [9.17, 15) is 4.79 Å². The number of aromatic nitrogens is 4. The number of halogens is 1. The van der Waals surface area contributed by atoms with Crippen molar-refractivity contribution in [3.05, 3.63) is 35.4 Å². The predicted octanol–water partition coefficient (Wildman–Crippen LogP) is 2.41. The van der Waals surface area contributed by atoms with Crippen LogP contribution in [-0.2, 0) is 11.3 Å². The maximum absolute atomic E-state index is 12.8. The van der Waals surface area contributed by atoms with Gasteiger partial charge >= 0.3 is 0 Å². The van der Waals surface area contributed by atoms with E-state index < -0.39 is 5.54 Å². The van der Waals surface area contributed by atoms with Crippen LogP contribution in [0.5, 0.6) is 0 Å². The normalized spacial score (nSPS) is 20.5. The number of rotatable bonds is 7. The number of nitrogen functional groups attached to an aromatic ring is 1. The number of fused-ring (bicyclic) bond motifs is 1. The minimum absolute atomic E-state index is 0.0565. The summed E-state index contributed by atoms with van der Waals surface area (Å²) in [6, 6.07) is 4.23. The molecule has 0 radical (unpaired) electrons. The van der Waals surface area contributed by atoms with E-state index in [1.807, 2.05) is 16.7 Å². The fraction of sp³-hybridized carbons (Fsp3) is 0.455. The zero-order valence-corrected chi connectivity index (χ0v) is 20.0. The second kappa shape index (κ2) is 8.66. The maximum Gasteiger partial charge on any atom is 0.242 e. The molecule has 1 saturated heterocycles. The van der Waals surface area contributed by atoms with Gasteiger partial charge in [-0.05, 0) is 37.1 Å². The SMILES string of the molecule is CCSc1c(Cl)ccc(N2CC[C@](N)(C(=O)NC3CC3)C2)c1Cn1cnc2c(N)ncnc21. The maximum atomic E-state index is 12.8. The third-order valence-corrected chi connectivity index (χ3v) is 7.71. The number of hydrogen-bond donors (Lipinski definition) is 3. The van der Waals surface area contributed by atoms with E-state index in [-0.39, 0.29) is 11.9 Å². The first-order valence-electron chi connectivity index (χ1n) is 11.1. The average Bonchev–Trinajstić information content (AvgIpc) is 3.37. The van der Waals surface area contributed by atoms with Gasteiger partial charge in [0, 0.05) is 35.3 Å². The predicted molar refractivity (Wildman–Crippen MR) is 132 cm³/mol. The van der Waals surface area contributed by atoms with E-state index in [2.05, 4.69) is 32.1 Å². The molecule has 2 fully saturated rings. The van der Waals surface area contributed by atoms with Crippen LogP contribution < -0.4 is 21.7 Å². The largest absolute Gasteiger partial charge is 0.382 e. The van der Waals surface area contributed by atoms with Crippen molar-refractivity contribution < 1.29 is 4.79 Å². The standard InChI is InChI=1S/C22H27ClN8OS/c1-2-33-18-14(9-31-12-28-17-19(24)26-11-27-20(17)31)16(6-5-15(18)23)30-8-7-22(25,10-30)21(32)29-13-3-4-13/h5-6,11-13H,2-4,7-10,25H2,1H3,(H,29,32)(H2,24,26,27)/t22-/m1/s1. The Kier molecular flexibility index (Phi) is 5.84. The molecule has 174 valence electrons. The Morgan fingerprint density at radius 1 is 1.33 bits per heavy atom. The van der Waals surface area contributed by atoms with E-state index in [4.69, 9.17) is 23.1 Å². The molecule has 2 aliphatic rings. The summed E-state index contributed by atoms with van der Waals surface area (Å²) in [6.45, 7) is 3.75. The lowest BCUT2D eigenvalue weighted by Crippen LogP contribution is -2.56. The molecule has 1 aliphatic heterocycles. The fourth-order valence-corrected chi connectivity index (χ4v) is 5.48. The number of hydrogen-bond acceptors (Lipinski definition) is 8. The van der Waals surface area contributed by atoms with Gasteiger partial charge in [0.1, 0.15) is 17.4 Å². The van der Waals surface area contributed by atoms with Gasteiger partial charge in [0.15, 0.2) is 11.5 Å². The summed E-state index contributed by atoms with van der Waals surface area (Å²) < 4.78 is 1.95. The Morgan fingerprint density at radius 2 is 2.15 bits per heavy atom. The third-order valence-electron chi connectivity index (χ3n) is 6.24. The van der Waals surface area contributed by atoms with Gasteiger partial charge in [-0.25, -0.2) is 15.0 Å². The van der Waals surface area contributed by atoms with Crippen LogP contribution in [0.3, 0.4) is 0 Å². The zero-order chi connectivity index (χ0) is 23.2. The van der Waals surface area contributed by atoms with Crippen LogP contribution in [0.2, 0.25) is 5.02 Å². The van der Waals surface area contributed by atoms with E-state index >= 15 is 0 Å². The topological polar surface area (TPSA) is 128 Å². The number of carbonyl (C=O) groups is 1. The summed E-state index contributed by atoms with van der Waals surface area (Å²) in [7, 11) is 0. The van der Waals surface area contributed by atoms with Crippen LogP contribution in [0.15, 0.2) is 29.7 Å². The Balaban J connectivity index is 1.51. The van der Waals surface area contributed by atoms with Crippen molar-refractivity contribution in [3.63, 3.8) is 0 Å². The Labute approximate surface area is 201 Å². The summed E-state index contributed by atoms with van der Waals surface area (Å²) >= 11 is 8.34. The van der Waals surface area contributed by atoms with Gasteiger partial charge in [-0.1, -0.05) is 18.5 Å². The highest BCUT2D eigenvalue weighted by Gasteiger charge is 2.43. The van der Waals surface area contributed by atoms with Crippen molar-refractivity contribution in [2.45, 2.75) is 49.2 Å². The lowest BCUT2D eigenvalue weighted by atomic mass is 9.99. The summed E-state index contributed by atoms with van der Waals surface area (Å²) in [4.78, 5) is 28.8. The molecule has 3 heterocycles. The van der Waals surface area contributed by atoms with Crippen molar-refractivity contribution in [2.75, 3.05) is 29.5 Å². The van der Waals surface area contributed by atoms with E-state index in [1.54, 1.807) is 18.1 Å². The average molecular weight is 487 g/mol. The van der Waals surface area contributed by atoms with Crippen LogP contribution in [0.25, 0.3) is 11.2 Å². The Morgan fingerprint density at radius 3 is 2.91 bits per heavy atom. The molecule has 11 heteroatoms. The highest BCUT2D eigenvalue weighted by Crippen LogP contribution is 2.39. The third kappa shape index (κ3) is 4.22.